The van der Waals surface area contributed by atoms with Crippen molar-refractivity contribution in [2.75, 3.05) is 14.4 Å². The molecule has 1 aliphatic carbocycles. The van der Waals surface area contributed by atoms with E-state index in [9.17, 15) is 0 Å². The molecule has 12 heteroatoms. The van der Waals surface area contributed by atoms with Crippen molar-refractivity contribution in [1.29, 1.82) is 0 Å². The highest BCUT2D eigenvalue weighted by atomic mass is 15.5. The Morgan fingerprint density at radius 3 is 1.26 bits per heavy atom. The molecule has 0 saturated carbocycles. The van der Waals surface area contributed by atoms with Crippen molar-refractivity contribution in [3.05, 3.63) is 122 Å². The van der Waals surface area contributed by atoms with Crippen LogP contribution in [-0.2, 0) is 0 Å². The Hall–Kier alpha value is -6.56. The Labute approximate surface area is 263 Å². The zero-order valence-corrected chi connectivity index (χ0v) is 24.0. The molecule has 10 rings (SSSR count). The van der Waals surface area contributed by atoms with Gasteiger partial charge in [-0.15, -0.1) is 0 Å². The molecule has 0 fully saturated rings. The molecule has 7 aromatic rings. The minimum absolute atomic E-state index is 0.280. The summed E-state index contributed by atoms with van der Waals surface area (Å²) in [4.78, 5) is 45.5. The second kappa shape index (κ2) is 9.47. The lowest BCUT2D eigenvalue weighted by Crippen LogP contribution is -2.51. The summed E-state index contributed by atoms with van der Waals surface area (Å²) < 4.78 is 0. The summed E-state index contributed by atoms with van der Waals surface area (Å²) >= 11 is 0. The zero-order chi connectivity index (χ0) is 30.2. The SMILES string of the molecule is c1ccc(N2B3N(c4cnc5c(n4)-c4nccnc4-c4nccnc4-c4nccnc4-5)c4ccccc4N3c3ccccc32)cc1. The standard InChI is InChI=1S/C34H20BN11/c1-2-8-21(9-3-1)44-22-10-4-5-11-23(22)45-24-12-6-7-13-25(24)46(35(44)45)26-20-42-33-31-29(38-16-17-40-31)27-28(37-15-14-36-27)30-32(34(33)43-26)41-19-18-39-30/h1-20H. The van der Waals surface area contributed by atoms with Crippen LogP contribution in [0.3, 0.4) is 0 Å². The maximum Gasteiger partial charge on any atom is 0.520 e. The van der Waals surface area contributed by atoms with Crippen LogP contribution in [0.4, 0.5) is 34.3 Å². The molecule has 2 aliphatic heterocycles. The van der Waals surface area contributed by atoms with Gasteiger partial charge in [0, 0.05) is 42.9 Å². The van der Waals surface area contributed by atoms with E-state index in [4.69, 9.17) is 24.9 Å². The number of rotatable bonds is 2. The maximum absolute atomic E-state index is 5.35. The van der Waals surface area contributed by atoms with Gasteiger partial charge in [-0.2, -0.15) is 0 Å². The molecule has 3 aliphatic rings. The molecule has 0 saturated heterocycles. The van der Waals surface area contributed by atoms with Gasteiger partial charge >= 0.3 is 7.12 Å². The fourth-order valence-electron chi connectivity index (χ4n) is 6.71. The smallest absolute Gasteiger partial charge is 0.343 e. The van der Waals surface area contributed by atoms with Crippen molar-refractivity contribution in [1.82, 2.24) is 39.9 Å². The molecule has 0 radical (unpaired) electrons. The molecule has 214 valence electrons. The van der Waals surface area contributed by atoms with E-state index in [-0.39, 0.29) is 7.12 Å². The number of para-hydroxylation sites is 5. The van der Waals surface area contributed by atoms with Crippen molar-refractivity contribution in [3.8, 4) is 45.6 Å². The molecule has 0 bridgehead atoms. The fourth-order valence-corrected chi connectivity index (χ4v) is 6.71. The van der Waals surface area contributed by atoms with Crippen LogP contribution in [0, 0.1) is 0 Å². The summed E-state index contributed by atoms with van der Waals surface area (Å²) in [6.07, 6.45) is 11.7. The summed E-state index contributed by atoms with van der Waals surface area (Å²) in [7, 11) is -0.280. The Morgan fingerprint density at radius 2 is 0.761 bits per heavy atom. The lowest BCUT2D eigenvalue weighted by Gasteiger charge is -2.31. The van der Waals surface area contributed by atoms with Crippen molar-refractivity contribution >= 4 is 41.4 Å². The molecular formula is C34H20BN11. The number of benzene rings is 3. The molecular weight excluding hydrogens is 573 g/mol. The third-order valence-corrected chi connectivity index (χ3v) is 8.53. The first kappa shape index (κ1) is 24.8. The van der Waals surface area contributed by atoms with Gasteiger partial charge in [-0.25, -0.2) is 9.97 Å². The summed E-state index contributed by atoms with van der Waals surface area (Å²) in [6.45, 7) is 0. The second-order valence-electron chi connectivity index (χ2n) is 11.0. The molecule has 4 aromatic heterocycles. The van der Waals surface area contributed by atoms with Crippen LogP contribution in [-0.4, -0.2) is 47.0 Å². The van der Waals surface area contributed by atoms with Gasteiger partial charge in [0.15, 0.2) is 0 Å². The highest BCUT2D eigenvalue weighted by molar-refractivity contribution is 6.79. The number of anilines is 6. The largest absolute Gasteiger partial charge is 0.520 e. The number of hydrogen-bond donors (Lipinski definition) is 0. The van der Waals surface area contributed by atoms with E-state index in [0.717, 1.165) is 28.4 Å². The van der Waals surface area contributed by atoms with Gasteiger partial charge in [-0.3, -0.25) is 29.9 Å². The first-order chi connectivity index (χ1) is 22.9. The number of fused-ring (bicyclic) bond motifs is 13. The second-order valence-corrected chi connectivity index (χ2v) is 11.0. The normalized spacial score (nSPS) is 13.5. The van der Waals surface area contributed by atoms with Gasteiger partial charge in [-0.1, -0.05) is 42.5 Å². The third kappa shape index (κ3) is 3.37. The number of aromatic nitrogens is 8. The highest BCUT2D eigenvalue weighted by Gasteiger charge is 2.54. The van der Waals surface area contributed by atoms with Gasteiger partial charge in [0.25, 0.3) is 0 Å². The van der Waals surface area contributed by atoms with Gasteiger partial charge in [0.05, 0.1) is 28.9 Å². The van der Waals surface area contributed by atoms with Gasteiger partial charge < -0.3 is 14.4 Å². The Kier molecular flexibility index (Phi) is 5.11. The van der Waals surface area contributed by atoms with Crippen molar-refractivity contribution in [2.24, 2.45) is 0 Å². The lowest BCUT2D eigenvalue weighted by molar-refractivity contribution is 1.08. The van der Waals surface area contributed by atoms with E-state index in [1.807, 2.05) is 6.07 Å². The minimum Gasteiger partial charge on any atom is -0.343 e. The van der Waals surface area contributed by atoms with E-state index in [0.29, 0.717) is 51.4 Å². The van der Waals surface area contributed by atoms with Gasteiger partial charge in [0.2, 0.25) is 0 Å². The van der Waals surface area contributed by atoms with Crippen LogP contribution in [0.15, 0.2) is 122 Å². The topological polar surface area (TPSA) is 113 Å². The quantitative estimate of drug-likeness (QED) is 0.212. The molecule has 11 nitrogen and oxygen atoms in total. The molecule has 3 aromatic carbocycles. The summed E-state index contributed by atoms with van der Waals surface area (Å²) in [5.41, 5.74) is 9.79. The van der Waals surface area contributed by atoms with Gasteiger partial charge in [0.1, 0.15) is 51.4 Å². The Bertz CT molecular complexity index is 2310. The van der Waals surface area contributed by atoms with E-state index in [1.165, 1.54) is 0 Å². The molecule has 0 unspecified atom stereocenters. The summed E-state index contributed by atoms with van der Waals surface area (Å²) in [6, 6.07) is 27.3. The van der Waals surface area contributed by atoms with Gasteiger partial charge in [-0.05, 0) is 36.4 Å². The third-order valence-electron chi connectivity index (χ3n) is 8.53. The Morgan fingerprint density at radius 1 is 0.370 bits per heavy atom. The van der Waals surface area contributed by atoms with Crippen LogP contribution in [0.1, 0.15) is 0 Å². The number of hydrogen-bond acceptors (Lipinski definition) is 11. The molecule has 0 spiro atoms. The van der Waals surface area contributed by atoms with Crippen LogP contribution in [0.5, 0.6) is 0 Å². The molecule has 6 heterocycles. The predicted octanol–water partition coefficient (Wildman–Crippen LogP) is 6.25. The maximum atomic E-state index is 5.35. The first-order valence-electron chi connectivity index (χ1n) is 14.8. The van der Waals surface area contributed by atoms with E-state index >= 15 is 0 Å². The molecule has 0 atom stereocenters. The Balaban J connectivity index is 1.24. The van der Waals surface area contributed by atoms with Crippen molar-refractivity contribution < 1.29 is 0 Å². The van der Waals surface area contributed by atoms with E-state index < -0.39 is 0 Å². The first-order valence-corrected chi connectivity index (χ1v) is 14.8. The number of nitrogens with zero attached hydrogens (tertiary/aromatic N) is 11. The zero-order valence-electron chi connectivity index (χ0n) is 24.0. The van der Waals surface area contributed by atoms with Crippen LogP contribution >= 0.6 is 0 Å². The monoisotopic (exact) mass is 593 g/mol. The fraction of sp³-hybridized carbons (Fsp3) is 0. The van der Waals surface area contributed by atoms with E-state index in [2.05, 4.69) is 102 Å². The van der Waals surface area contributed by atoms with E-state index in [1.54, 1.807) is 43.4 Å². The van der Waals surface area contributed by atoms with Crippen LogP contribution < -0.4 is 14.4 Å². The van der Waals surface area contributed by atoms with Crippen molar-refractivity contribution in [2.45, 2.75) is 0 Å². The predicted molar refractivity (Wildman–Crippen MR) is 176 cm³/mol. The summed E-state index contributed by atoms with van der Waals surface area (Å²) in [5.74, 6) is 0.648. The highest BCUT2D eigenvalue weighted by Crippen LogP contribution is 2.55. The van der Waals surface area contributed by atoms with Crippen molar-refractivity contribution in [3.63, 3.8) is 0 Å². The average Bonchev–Trinajstić information content (AvgIpc) is 3.64. The van der Waals surface area contributed by atoms with Crippen LogP contribution in [0.2, 0.25) is 0 Å². The minimum atomic E-state index is -0.280. The molecule has 0 amide bonds. The molecule has 0 N–H and O–H groups in total. The average molecular weight is 593 g/mol. The lowest BCUT2D eigenvalue weighted by atomic mass is 9.87. The van der Waals surface area contributed by atoms with Crippen LogP contribution in [0.25, 0.3) is 45.6 Å². The summed E-state index contributed by atoms with van der Waals surface area (Å²) in [5, 5.41) is 0. The molecule has 46 heavy (non-hydrogen) atoms.